The molecular formula is C17H15BrO5. The van der Waals surface area contributed by atoms with E-state index in [4.69, 9.17) is 14.6 Å². The summed E-state index contributed by atoms with van der Waals surface area (Å²) in [6.45, 7) is 3.62. The number of aromatic carboxylic acids is 1. The van der Waals surface area contributed by atoms with E-state index in [0.717, 1.165) is 11.1 Å². The fourth-order valence-electron chi connectivity index (χ4n) is 1.86. The van der Waals surface area contributed by atoms with Gasteiger partial charge in [0.05, 0.1) is 0 Å². The third kappa shape index (κ3) is 4.56. The Bertz CT molecular complexity index is 755. The van der Waals surface area contributed by atoms with Crippen molar-refractivity contribution in [3.8, 4) is 11.5 Å². The van der Waals surface area contributed by atoms with Crippen LogP contribution in [0.25, 0.3) is 0 Å². The van der Waals surface area contributed by atoms with Gasteiger partial charge in [0.25, 0.3) is 0 Å². The number of esters is 1. The van der Waals surface area contributed by atoms with Gasteiger partial charge in [-0.2, -0.15) is 0 Å². The second kappa shape index (κ2) is 7.28. The molecule has 0 radical (unpaired) electrons. The van der Waals surface area contributed by atoms with Crippen molar-refractivity contribution in [2.24, 2.45) is 0 Å². The molecule has 0 heterocycles. The van der Waals surface area contributed by atoms with E-state index in [0.29, 0.717) is 10.2 Å². The Kier molecular flexibility index (Phi) is 5.39. The van der Waals surface area contributed by atoms with Crippen LogP contribution in [-0.4, -0.2) is 23.7 Å². The smallest absolute Gasteiger partial charge is 0.349 e. The molecule has 0 saturated carbocycles. The van der Waals surface area contributed by atoms with Gasteiger partial charge in [-0.3, -0.25) is 0 Å². The number of carboxylic acid groups (broad SMARTS) is 1. The highest BCUT2D eigenvalue weighted by molar-refractivity contribution is 9.10. The van der Waals surface area contributed by atoms with Crippen LogP contribution in [0.5, 0.6) is 11.5 Å². The summed E-state index contributed by atoms with van der Waals surface area (Å²) in [5, 5.41) is 9.12. The number of benzene rings is 2. The second-order valence-corrected chi connectivity index (χ2v) is 5.87. The molecule has 0 bridgehead atoms. The number of carboxylic acids is 1. The van der Waals surface area contributed by atoms with E-state index in [-0.39, 0.29) is 17.9 Å². The molecule has 6 heteroatoms. The number of carbonyl (C=O) groups excluding carboxylic acids is 1. The van der Waals surface area contributed by atoms with E-state index in [2.05, 4.69) is 15.9 Å². The molecule has 2 aromatic carbocycles. The van der Waals surface area contributed by atoms with Gasteiger partial charge in [0.2, 0.25) is 0 Å². The predicted molar refractivity (Wildman–Crippen MR) is 88.1 cm³/mol. The van der Waals surface area contributed by atoms with Crippen molar-refractivity contribution < 1.29 is 24.2 Å². The Morgan fingerprint density at radius 2 is 1.83 bits per heavy atom. The number of rotatable bonds is 5. The average molecular weight is 379 g/mol. The first-order valence-electron chi connectivity index (χ1n) is 6.80. The van der Waals surface area contributed by atoms with E-state index in [1.165, 1.54) is 12.1 Å². The van der Waals surface area contributed by atoms with Gasteiger partial charge in [0, 0.05) is 4.47 Å². The molecular weight excluding hydrogens is 364 g/mol. The van der Waals surface area contributed by atoms with E-state index >= 15 is 0 Å². The van der Waals surface area contributed by atoms with Crippen LogP contribution in [0.15, 0.2) is 40.9 Å². The Morgan fingerprint density at radius 1 is 1.09 bits per heavy atom. The summed E-state index contributed by atoms with van der Waals surface area (Å²) < 4.78 is 11.0. The molecule has 2 rings (SSSR count). The zero-order valence-corrected chi connectivity index (χ0v) is 14.2. The van der Waals surface area contributed by atoms with Gasteiger partial charge in [-0.1, -0.05) is 22.0 Å². The van der Waals surface area contributed by atoms with Crippen molar-refractivity contribution in [3.05, 3.63) is 57.6 Å². The molecule has 5 nitrogen and oxygen atoms in total. The van der Waals surface area contributed by atoms with Crippen molar-refractivity contribution >= 4 is 27.9 Å². The summed E-state index contributed by atoms with van der Waals surface area (Å²) in [7, 11) is 0. The molecule has 0 amide bonds. The number of ether oxygens (including phenoxy) is 2. The monoisotopic (exact) mass is 378 g/mol. The standard InChI is InChI=1S/C17H15BrO5/c1-10-3-5-13(7-11(10)2)22-9-16(19)23-15-6-4-12(18)8-14(15)17(20)21/h3-8H,9H2,1-2H3,(H,20,21). The van der Waals surface area contributed by atoms with E-state index in [9.17, 15) is 9.59 Å². The zero-order valence-electron chi connectivity index (χ0n) is 12.6. The van der Waals surface area contributed by atoms with Gasteiger partial charge < -0.3 is 14.6 Å². The van der Waals surface area contributed by atoms with Crippen molar-refractivity contribution in [3.63, 3.8) is 0 Å². The summed E-state index contributed by atoms with van der Waals surface area (Å²) in [6, 6.07) is 9.87. The van der Waals surface area contributed by atoms with Crippen LogP contribution in [0, 0.1) is 13.8 Å². The summed E-state index contributed by atoms with van der Waals surface area (Å²) in [5.41, 5.74) is 2.08. The fourth-order valence-corrected chi connectivity index (χ4v) is 2.22. The van der Waals surface area contributed by atoms with Crippen LogP contribution >= 0.6 is 15.9 Å². The average Bonchev–Trinajstić information content (AvgIpc) is 2.50. The number of carbonyl (C=O) groups is 2. The zero-order chi connectivity index (χ0) is 17.0. The van der Waals surface area contributed by atoms with Gasteiger partial charge in [-0.25, -0.2) is 9.59 Å². The Hall–Kier alpha value is -2.34. The molecule has 2 aromatic rings. The van der Waals surface area contributed by atoms with Crippen LogP contribution in [0.2, 0.25) is 0 Å². The highest BCUT2D eigenvalue weighted by Crippen LogP contribution is 2.23. The Morgan fingerprint density at radius 3 is 2.48 bits per heavy atom. The van der Waals surface area contributed by atoms with Crippen LogP contribution in [0.3, 0.4) is 0 Å². The lowest BCUT2D eigenvalue weighted by Gasteiger charge is -2.10. The first-order valence-corrected chi connectivity index (χ1v) is 7.59. The number of hydrogen-bond acceptors (Lipinski definition) is 4. The van der Waals surface area contributed by atoms with E-state index < -0.39 is 11.9 Å². The molecule has 0 aromatic heterocycles. The molecule has 0 aliphatic rings. The molecule has 0 unspecified atom stereocenters. The first kappa shape index (κ1) is 17.0. The predicted octanol–water partition coefficient (Wildman–Crippen LogP) is 3.75. The maximum Gasteiger partial charge on any atom is 0.349 e. The van der Waals surface area contributed by atoms with E-state index in [1.807, 2.05) is 26.0 Å². The van der Waals surface area contributed by atoms with Gasteiger partial charge >= 0.3 is 11.9 Å². The summed E-state index contributed by atoms with van der Waals surface area (Å²) in [5.74, 6) is -1.31. The second-order valence-electron chi connectivity index (χ2n) is 4.95. The van der Waals surface area contributed by atoms with Crippen LogP contribution in [0.4, 0.5) is 0 Å². The maximum absolute atomic E-state index is 11.8. The van der Waals surface area contributed by atoms with Gasteiger partial charge in [0.1, 0.15) is 17.1 Å². The minimum atomic E-state index is -1.18. The van der Waals surface area contributed by atoms with Crippen molar-refractivity contribution in [1.82, 2.24) is 0 Å². The maximum atomic E-state index is 11.8. The first-order chi connectivity index (χ1) is 10.9. The van der Waals surface area contributed by atoms with Crippen LogP contribution < -0.4 is 9.47 Å². The van der Waals surface area contributed by atoms with Crippen molar-refractivity contribution in [2.45, 2.75) is 13.8 Å². The summed E-state index contributed by atoms with van der Waals surface area (Å²) >= 11 is 3.18. The molecule has 23 heavy (non-hydrogen) atoms. The fraction of sp³-hybridized carbons (Fsp3) is 0.176. The summed E-state index contributed by atoms with van der Waals surface area (Å²) in [4.78, 5) is 23.0. The number of halogens is 1. The number of hydrogen-bond donors (Lipinski definition) is 1. The van der Waals surface area contributed by atoms with E-state index in [1.54, 1.807) is 12.1 Å². The Labute approximate surface area is 142 Å². The molecule has 120 valence electrons. The minimum absolute atomic E-state index is 0.0191. The normalized spacial score (nSPS) is 10.2. The molecule has 0 saturated heterocycles. The largest absolute Gasteiger partial charge is 0.482 e. The molecule has 0 atom stereocenters. The van der Waals surface area contributed by atoms with Crippen molar-refractivity contribution in [1.29, 1.82) is 0 Å². The third-order valence-electron chi connectivity index (χ3n) is 3.23. The lowest BCUT2D eigenvalue weighted by molar-refractivity contribution is -0.136. The quantitative estimate of drug-likeness (QED) is 0.633. The topological polar surface area (TPSA) is 72.8 Å². The number of aryl methyl sites for hydroxylation is 2. The highest BCUT2D eigenvalue weighted by atomic mass is 79.9. The molecule has 0 aliphatic heterocycles. The molecule has 0 spiro atoms. The SMILES string of the molecule is Cc1ccc(OCC(=O)Oc2ccc(Br)cc2C(=O)O)cc1C. The van der Waals surface area contributed by atoms with Crippen LogP contribution in [0.1, 0.15) is 21.5 Å². The van der Waals surface area contributed by atoms with Gasteiger partial charge in [-0.05, 0) is 55.3 Å². The van der Waals surface area contributed by atoms with Crippen LogP contribution in [-0.2, 0) is 4.79 Å². The summed E-state index contributed by atoms with van der Waals surface area (Å²) in [6.07, 6.45) is 0. The molecule has 0 aliphatic carbocycles. The Balaban J connectivity index is 2.02. The lowest BCUT2D eigenvalue weighted by atomic mass is 10.1. The van der Waals surface area contributed by atoms with Gasteiger partial charge in [0.15, 0.2) is 6.61 Å². The third-order valence-corrected chi connectivity index (χ3v) is 3.72. The minimum Gasteiger partial charge on any atom is -0.482 e. The highest BCUT2D eigenvalue weighted by Gasteiger charge is 2.15. The van der Waals surface area contributed by atoms with Crippen molar-refractivity contribution in [2.75, 3.05) is 6.61 Å². The van der Waals surface area contributed by atoms with Gasteiger partial charge in [-0.15, -0.1) is 0 Å². The molecule has 0 fully saturated rings. The molecule has 1 N–H and O–H groups in total. The lowest BCUT2D eigenvalue weighted by Crippen LogP contribution is -2.19.